The largest absolute Gasteiger partial charge is 0.477 e. The molecule has 0 spiro atoms. The first-order valence-electron chi connectivity index (χ1n) is 7.61. The van der Waals surface area contributed by atoms with E-state index in [1.807, 2.05) is 0 Å². The van der Waals surface area contributed by atoms with Crippen molar-refractivity contribution in [2.45, 2.75) is 32.6 Å². The summed E-state index contributed by atoms with van der Waals surface area (Å²) in [6.07, 6.45) is 8.42. The van der Waals surface area contributed by atoms with Crippen LogP contribution in [0.15, 0.2) is 12.2 Å². The average Bonchev–Trinajstić information content (AvgIpc) is 2.41. The number of carboxylic acids is 1. The van der Waals surface area contributed by atoms with Crippen molar-refractivity contribution in [1.82, 2.24) is 0 Å². The molecule has 3 N–H and O–H groups in total. The summed E-state index contributed by atoms with van der Waals surface area (Å²) in [5, 5.41) is 27.2. The fraction of sp³-hybridized carbons (Fsp3) is 0.800. The third-order valence-electron chi connectivity index (χ3n) is 3.30. The minimum Gasteiger partial charge on any atom is -0.477 e. The van der Waals surface area contributed by atoms with Gasteiger partial charge in [-0.15, -0.1) is 0 Å². The number of hydrogen-bond acceptors (Lipinski definition) is 4. The Hall–Kier alpha value is -0.950. The number of hydrogen-bond donors (Lipinski definition) is 3. The van der Waals surface area contributed by atoms with Crippen LogP contribution in [0.25, 0.3) is 0 Å². The van der Waals surface area contributed by atoms with Gasteiger partial charge in [0.15, 0.2) is 13.3 Å². The van der Waals surface area contributed by atoms with Crippen LogP contribution in [0.2, 0.25) is 0 Å². The number of aliphatic hydroxyl groups is 2. The average molecular weight is 304 g/mol. The van der Waals surface area contributed by atoms with Gasteiger partial charge in [0.05, 0.1) is 19.8 Å². The van der Waals surface area contributed by atoms with Gasteiger partial charge < -0.3 is 20.1 Å². The molecule has 6 nitrogen and oxygen atoms in total. The molecule has 6 heteroatoms. The third kappa shape index (κ3) is 10.4. The van der Waals surface area contributed by atoms with Crippen molar-refractivity contribution in [2.24, 2.45) is 0 Å². The SMILES string of the molecule is CCCC/C=C/CCOC[N+](CCO)(CCO)CC(=O)O. The quantitative estimate of drug-likeness (QED) is 0.193. The Balaban J connectivity index is 4.15. The van der Waals surface area contributed by atoms with E-state index < -0.39 is 5.97 Å². The van der Waals surface area contributed by atoms with Gasteiger partial charge in [0.25, 0.3) is 0 Å². The summed E-state index contributed by atoms with van der Waals surface area (Å²) in [4.78, 5) is 11.0. The molecular formula is C15H30NO5+. The van der Waals surface area contributed by atoms with Crippen molar-refractivity contribution >= 4 is 5.97 Å². The molecule has 0 saturated carbocycles. The van der Waals surface area contributed by atoms with E-state index in [-0.39, 0.29) is 44.1 Å². The minimum absolute atomic E-state index is 0.0435. The van der Waals surface area contributed by atoms with Gasteiger partial charge in [0.2, 0.25) is 0 Å². The lowest BCUT2D eigenvalue weighted by molar-refractivity contribution is -0.939. The number of rotatable bonds is 14. The highest BCUT2D eigenvalue weighted by molar-refractivity contribution is 5.67. The van der Waals surface area contributed by atoms with Crippen LogP contribution in [0, 0.1) is 0 Å². The van der Waals surface area contributed by atoms with Gasteiger partial charge in [-0.3, -0.25) is 4.48 Å². The third-order valence-corrected chi connectivity index (χ3v) is 3.30. The zero-order valence-electron chi connectivity index (χ0n) is 13.0. The molecule has 0 unspecified atom stereocenters. The van der Waals surface area contributed by atoms with E-state index in [2.05, 4.69) is 19.1 Å². The highest BCUT2D eigenvalue weighted by Crippen LogP contribution is 2.07. The molecule has 0 fully saturated rings. The zero-order valence-corrected chi connectivity index (χ0v) is 13.0. The minimum atomic E-state index is -0.958. The molecule has 0 amide bonds. The van der Waals surface area contributed by atoms with E-state index in [4.69, 9.17) is 20.1 Å². The maximum absolute atomic E-state index is 11.0. The number of nitrogens with zero attached hydrogens (tertiary/aromatic N) is 1. The molecule has 0 aromatic rings. The maximum Gasteiger partial charge on any atom is 0.359 e. The first-order valence-corrected chi connectivity index (χ1v) is 7.61. The highest BCUT2D eigenvalue weighted by atomic mass is 16.5. The van der Waals surface area contributed by atoms with Crippen LogP contribution in [0.4, 0.5) is 0 Å². The van der Waals surface area contributed by atoms with E-state index in [0.717, 1.165) is 12.8 Å². The highest BCUT2D eigenvalue weighted by Gasteiger charge is 2.29. The lowest BCUT2D eigenvalue weighted by Gasteiger charge is -2.35. The van der Waals surface area contributed by atoms with Crippen molar-refractivity contribution < 1.29 is 29.3 Å². The maximum atomic E-state index is 11.0. The van der Waals surface area contributed by atoms with Crippen LogP contribution in [0.1, 0.15) is 32.6 Å². The van der Waals surface area contributed by atoms with Gasteiger partial charge >= 0.3 is 5.97 Å². The molecule has 0 rings (SSSR count). The Kier molecular flexibility index (Phi) is 12.2. The van der Waals surface area contributed by atoms with Crippen LogP contribution in [0.5, 0.6) is 0 Å². The summed E-state index contributed by atoms with van der Waals surface area (Å²) < 4.78 is 5.59. The van der Waals surface area contributed by atoms with Crippen LogP contribution < -0.4 is 0 Å². The number of carbonyl (C=O) groups is 1. The van der Waals surface area contributed by atoms with Crippen LogP contribution in [-0.4, -0.2) is 72.0 Å². The Morgan fingerprint density at radius 3 is 2.29 bits per heavy atom. The number of aliphatic carboxylic acids is 1. The van der Waals surface area contributed by atoms with Crippen LogP contribution in [-0.2, 0) is 9.53 Å². The lowest BCUT2D eigenvalue weighted by atomic mass is 10.2. The second-order valence-corrected chi connectivity index (χ2v) is 5.23. The predicted molar refractivity (Wildman–Crippen MR) is 80.8 cm³/mol. The van der Waals surface area contributed by atoms with Crippen LogP contribution >= 0.6 is 0 Å². The number of carboxylic acid groups (broad SMARTS) is 1. The molecule has 124 valence electrons. The van der Waals surface area contributed by atoms with E-state index in [1.54, 1.807) is 0 Å². The molecule has 0 saturated heterocycles. The zero-order chi connectivity index (χ0) is 16.0. The van der Waals surface area contributed by atoms with Crippen molar-refractivity contribution in [2.75, 3.05) is 46.2 Å². The summed E-state index contributed by atoms with van der Waals surface area (Å²) in [7, 11) is 0. The normalized spacial score (nSPS) is 12.1. The molecule has 0 aliphatic carbocycles. The van der Waals surface area contributed by atoms with Gasteiger partial charge in [0, 0.05) is 0 Å². The lowest BCUT2D eigenvalue weighted by Crippen LogP contribution is -2.55. The number of allylic oxidation sites excluding steroid dienone is 1. The molecule has 0 aromatic carbocycles. The van der Waals surface area contributed by atoms with Crippen molar-refractivity contribution in [3.8, 4) is 0 Å². The Labute approximate surface area is 127 Å². The van der Waals surface area contributed by atoms with Gasteiger partial charge in [-0.1, -0.05) is 31.9 Å². The molecule has 0 bridgehead atoms. The molecule has 0 aliphatic rings. The molecule has 0 aromatic heterocycles. The first kappa shape index (κ1) is 20.1. The number of unbranched alkanes of at least 4 members (excludes halogenated alkanes) is 2. The van der Waals surface area contributed by atoms with E-state index in [9.17, 15) is 4.79 Å². The van der Waals surface area contributed by atoms with Crippen molar-refractivity contribution in [3.63, 3.8) is 0 Å². The Morgan fingerprint density at radius 1 is 1.14 bits per heavy atom. The fourth-order valence-corrected chi connectivity index (χ4v) is 2.12. The molecule has 21 heavy (non-hydrogen) atoms. The number of quaternary nitrogens is 1. The van der Waals surface area contributed by atoms with E-state index in [0.29, 0.717) is 6.61 Å². The van der Waals surface area contributed by atoms with Crippen LogP contribution in [0.3, 0.4) is 0 Å². The monoisotopic (exact) mass is 304 g/mol. The predicted octanol–water partition coefficient (Wildman–Crippen LogP) is 0.983. The molecule has 0 heterocycles. The summed E-state index contributed by atoms with van der Waals surface area (Å²) in [5.74, 6) is -0.958. The summed E-state index contributed by atoms with van der Waals surface area (Å²) in [5.41, 5.74) is 0. The van der Waals surface area contributed by atoms with Gasteiger partial charge in [-0.25, -0.2) is 4.79 Å². The molecule has 0 aliphatic heterocycles. The second kappa shape index (κ2) is 12.8. The summed E-state index contributed by atoms with van der Waals surface area (Å²) >= 11 is 0. The Morgan fingerprint density at radius 2 is 1.76 bits per heavy atom. The molecular weight excluding hydrogens is 274 g/mol. The van der Waals surface area contributed by atoms with Gasteiger partial charge in [-0.2, -0.15) is 0 Å². The van der Waals surface area contributed by atoms with Gasteiger partial charge in [0.1, 0.15) is 13.1 Å². The standard InChI is InChI=1S/C15H29NO5/c1-2-3-4-5-6-7-12-21-14-16(8-10-17,9-11-18)13-15(19)20/h5-6,17-18H,2-4,7-14H2,1H3/p+1/b6-5+. The molecule has 0 radical (unpaired) electrons. The number of ether oxygens (including phenoxy) is 1. The van der Waals surface area contributed by atoms with Crippen molar-refractivity contribution in [3.05, 3.63) is 12.2 Å². The van der Waals surface area contributed by atoms with E-state index >= 15 is 0 Å². The van der Waals surface area contributed by atoms with Crippen molar-refractivity contribution in [1.29, 1.82) is 0 Å². The smallest absolute Gasteiger partial charge is 0.359 e. The second-order valence-electron chi connectivity index (χ2n) is 5.23. The first-order chi connectivity index (χ1) is 10.1. The summed E-state index contributed by atoms with van der Waals surface area (Å²) in [6.45, 7) is 2.96. The molecule has 0 atom stereocenters. The van der Waals surface area contributed by atoms with E-state index in [1.165, 1.54) is 12.8 Å². The topological polar surface area (TPSA) is 87.0 Å². The summed E-state index contributed by atoms with van der Waals surface area (Å²) in [6, 6.07) is 0. The number of aliphatic hydroxyl groups excluding tert-OH is 2. The van der Waals surface area contributed by atoms with Gasteiger partial charge in [-0.05, 0) is 12.8 Å². The fourth-order valence-electron chi connectivity index (χ4n) is 2.12. The Bertz CT molecular complexity index is 288.